The number of hydrogen-bond donors (Lipinski definition) is 3. The molecule has 1 aliphatic carbocycles. The molecule has 4 heterocycles. The Balaban J connectivity index is 1.13. The van der Waals surface area contributed by atoms with E-state index in [1.165, 1.54) is 50.8 Å². The number of carbonyl (C=O) groups excluding carboxylic acids is 1. The molecule has 9 nitrogen and oxygen atoms in total. The Morgan fingerprint density at radius 1 is 1.16 bits per heavy atom. The number of hydrogen-bond acceptors (Lipinski definition) is 7. The molecule has 0 spiro atoms. The first-order valence-corrected chi connectivity index (χ1v) is 13.9. The highest BCUT2D eigenvalue weighted by molar-refractivity contribution is 6.05. The van der Waals surface area contributed by atoms with E-state index in [9.17, 15) is 4.79 Å². The summed E-state index contributed by atoms with van der Waals surface area (Å²) in [5, 5.41) is 10.6. The van der Waals surface area contributed by atoms with E-state index in [0.29, 0.717) is 12.1 Å². The Hall–Kier alpha value is -3.30. The molecular weight excluding hydrogens is 476 g/mol. The van der Waals surface area contributed by atoms with Gasteiger partial charge >= 0.3 is 0 Å². The molecule has 0 saturated carbocycles. The van der Waals surface area contributed by atoms with Crippen LogP contribution in [0.1, 0.15) is 73.1 Å². The summed E-state index contributed by atoms with van der Waals surface area (Å²) in [5.74, 6) is -0.0110. The van der Waals surface area contributed by atoms with Crippen LogP contribution < -0.4 is 11.1 Å². The second-order valence-electron chi connectivity index (χ2n) is 11.7. The molecule has 0 unspecified atom stereocenters. The molecule has 1 aromatic carbocycles. The zero-order valence-corrected chi connectivity index (χ0v) is 22.5. The molecule has 1 amide bonds. The van der Waals surface area contributed by atoms with Gasteiger partial charge in [0.1, 0.15) is 0 Å². The van der Waals surface area contributed by atoms with Crippen molar-refractivity contribution in [3.05, 3.63) is 52.8 Å². The predicted octanol–water partition coefficient (Wildman–Crippen LogP) is 3.99. The number of fused-ring (bicyclic) bond motifs is 3. The summed E-state index contributed by atoms with van der Waals surface area (Å²) in [6.07, 6.45) is 9.07. The van der Waals surface area contributed by atoms with Gasteiger partial charge in [-0.2, -0.15) is 5.10 Å². The molecular formula is C29H38N8O. The van der Waals surface area contributed by atoms with Crippen LogP contribution in [-0.4, -0.2) is 68.1 Å². The van der Waals surface area contributed by atoms with Gasteiger partial charge in [-0.1, -0.05) is 32.4 Å². The van der Waals surface area contributed by atoms with E-state index in [0.717, 1.165) is 53.9 Å². The zero-order chi connectivity index (χ0) is 26.3. The first-order chi connectivity index (χ1) is 18.4. The number of likely N-dealkylation sites (tertiary alicyclic amines) is 2. The number of benzene rings is 1. The number of nitrogens with zero attached hydrogens (tertiary/aromatic N) is 5. The van der Waals surface area contributed by atoms with E-state index in [1.54, 1.807) is 6.20 Å². The number of amides is 1. The molecule has 3 aromatic rings. The first-order valence-electron chi connectivity index (χ1n) is 13.9. The van der Waals surface area contributed by atoms with Gasteiger partial charge in [-0.05, 0) is 87.0 Å². The lowest BCUT2D eigenvalue weighted by Gasteiger charge is -2.40. The fraction of sp³-hybridized carbons (Fsp3) is 0.517. The van der Waals surface area contributed by atoms with Gasteiger partial charge in [0.15, 0.2) is 5.69 Å². The monoisotopic (exact) mass is 514 g/mol. The Morgan fingerprint density at radius 3 is 2.74 bits per heavy atom. The first kappa shape index (κ1) is 25.0. The predicted molar refractivity (Wildman–Crippen MR) is 149 cm³/mol. The maximum atomic E-state index is 13.4. The van der Waals surface area contributed by atoms with Crippen molar-refractivity contribution < 1.29 is 4.79 Å². The van der Waals surface area contributed by atoms with Gasteiger partial charge in [0.05, 0.1) is 11.4 Å². The number of aromatic amines is 1. The Bertz CT molecular complexity index is 1320. The SMILES string of the molecule is CC1(C)Cc2cnc(N)nc2-c2[nH]nc(C(=O)Nc3cccc(CN4CCC(N5CCCCC5)CC4)c3)c21. The molecule has 200 valence electrons. The van der Waals surface area contributed by atoms with E-state index >= 15 is 0 Å². The number of anilines is 2. The van der Waals surface area contributed by atoms with Crippen LogP contribution in [0.2, 0.25) is 0 Å². The fourth-order valence-corrected chi connectivity index (χ4v) is 6.59. The van der Waals surface area contributed by atoms with E-state index in [4.69, 9.17) is 5.73 Å². The molecule has 2 aliphatic heterocycles. The van der Waals surface area contributed by atoms with Crippen LogP contribution in [0.5, 0.6) is 0 Å². The van der Waals surface area contributed by atoms with Crippen molar-refractivity contribution in [1.29, 1.82) is 0 Å². The van der Waals surface area contributed by atoms with Gasteiger partial charge in [0, 0.05) is 30.0 Å². The molecule has 2 fully saturated rings. The van der Waals surface area contributed by atoms with Crippen LogP contribution in [0.25, 0.3) is 11.4 Å². The number of H-pyrrole nitrogens is 1. The quantitative estimate of drug-likeness (QED) is 0.471. The molecule has 0 atom stereocenters. The second kappa shape index (κ2) is 10.1. The van der Waals surface area contributed by atoms with Gasteiger partial charge < -0.3 is 16.0 Å². The van der Waals surface area contributed by atoms with Gasteiger partial charge in [-0.25, -0.2) is 9.97 Å². The van der Waals surface area contributed by atoms with Gasteiger partial charge in [-0.3, -0.25) is 14.8 Å². The Morgan fingerprint density at radius 2 is 1.95 bits per heavy atom. The number of nitrogens with two attached hydrogens (primary N) is 1. The van der Waals surface area contributed by atoms with Crippen molar-refractivity contribution in [2.45, 2.75) is 70.4 Å². The fourth-order valence-electron chi connectivity index (χ4n) is 6.59. The van der Waals surface area contributed by atoms with E-state index in [-0.39, 0.29) is 17.3 Å². The van der Waals surface area contributed by atoms with Crippen LogP contribution >= 0.6 is 0 Å². The lowest BCUT2D eigenvalue weighted by molar-refractivity contribution is 0.0896. The van der Waals surface area contributed by atoms with Crippen LogP contribution in [0.3, 0.4) is 0 Å². The Kier molecular flexibility index (Phi) is 6.65. The van der Waals surface area contributed by atoms with Gasteiger partial charge in [-0.15, -0.1) is 0 Å². The third-order valence-electron chi connectivity index (χ3n) is 8.47. The molecule has 9 heteroatoms. The highest BCUT2D eigenvalue weighted by atomic mass is 16.2. The minimum Gasteiger partial charge on any atom is -0.368 e. The molecule has 4 N–H and O–H groups in total. The maximum absolute atomic E-state index is 13.4. The van der Waals surface area contributed by atoms with Crippen molar-refractivity contribution in [2.24, 2.45) is 0 Å². The largest absolute Gasteiger partial charge is 0.368 e. The number of rotatable bonds is 5. The summed E-state index contributed by atoms with van der Waals surface area (Å²) in [6, 6.07) is 8.94. The number of piperidine rings is 2. The van der Waals surface area contributed by atoms with Crippen molar-refractivity contribution in [3.8, 4) is 11.4 Å². The van der Waals surface area contributed by atoms with Crippen LogP contribution in [0.4, 0.5) is 11.6 Å². The van der Waals surface area contributed by atoms with Gasteiger partial charge in [0.2, 0.25) is 5.95 Å². The second-order valence-corrected chi connectivity index (χ2v) is 11.7. The minimum atomic E-state index is -0.302. The standard InChI is InChI=1S/C29H38N8O/c1-29(2)16-20-17-31-28(30)33-24(20)25-23(29)26(35-34-25)27(38)32-21-8-6-7-19(15-21)18-36-13-9-22(10-14-36)37-11-4-3-5-12-37/h6-8,15,17,22H,3-5,9-14,16,18H2,1-2H3,(H,32,38)(H,34,35)(H2,30,31,33). The van der Waals surface area contributed by atoms with Crippen molar-refractivity contribution in [3.63, 3.8) is 0 Å². The highest BCUT2D eigenvalue weighted by Crippen LogP contribution is 2.42. The summed E-state index contributed by atoms with van der Waals surface area (Å²) < 4.78 is 0. The molecule has 0 bridgehead atoms. The smallest absolute Gasteiger partial charge is 0.276 e. The zero-order valence-electron chi connectivity index (χ0n) is 22.5. The van der Waals surface area contributed by atoms with Crippen LogP contribution in [-0.2, 0) is 18.4 Å². The van der Waals surface area contributed by atoms with Crippen molar-refractivity contribution in [2.75, 3.05) is 37.2 Å². The van der Waals surface area contributed by atoms with E-state index in [2.05, 4.69) is 61.3 Å². The summed E-state index contributed by atoms with van der Waals surface area (Å²) in [4.78, 5) is 27.3. The topological polar surface area (TPSA) is 116 Å². The normalized spacial score (nSPS) is 20.1. The number of nitrogen functional groups attached to an aromatic ring is 1. The lowest BCUT2D eigenvalue weighted by Crippen LogP contribution is -2.46. The molecule has 6 rings (SSSR count). The summed E-state index contributed by atoms with van der Waals surface area (Å²) >= 11 is 0. The molecule has 3 aliphatic rings. The average Bonchev–Trinajstić information content (AvgIpc) is 3.38. The third kappa shape index (κ3) is 4.92. The van der Waals surface area contributed by atoms with Crippen molar-refractivity contribution in [1.82, 2.24) is 30.0 Å². The highest BCUT2D eigenvalue weighted by Gasteiger charge is 2.38. The lowest BCUT2D eigenvalue weighted by atomic mass is 9.73. The molecule has 0 radical (unpaired) electrons. The molecule has 2 aromatic heterocycles. The summed E-state index contributed by atoms with van der Waals surface area (Å²) in [6.45, 7) is 9.94. The maximum Gasteiger partial charge on any atom is 0.276 e. The number of nitrogens with one attached hydrogen (secondary N) is 2. The minimum absolute atomic E-state index is 0.211. The molecule has 2 saturated heterocycles. The van der Waals surface area contributed by atoms with E-state index < -0.39 is 0 Å². The van der Waals surface area contributed by atoms with Gasteiger partial charge in [0.25, 0.3) is 5.91 Å². The van der Waals surface area contributed by atoms with E-state index in [1.807, 2.05) is 12.1 Å². The summed E-state index contributed by atoms with van der Waals surface area (Å²) in [7, 11) is 0. The van der Waals surface area contributed by atoms with Crippen LogP contribution in [0.15, 0.2) is 30.5 Å². The third-order valence-corrected chi connectivity index (χ3v) is 8.47. The average molecular weight is 515 g/mol. The number of carbonyl (C=O) groups is 1. The molecule has 38 heavy (non-hydrogen) atoms. The van der Waals surface area contributed by atoms with Crippen LogP contribution in [0, 0.1) is 0 Å². The summed E-state index contributed by atoms with van der Waals surface area (Å²) in [5.41, 5.74) is 11.3. The van der Waals surface area contributed by atoms with Crippen molar-refractivity contribution >= 4 is 17.5 Å². The Labute approximate surface area is 224 Å². The number of aromatic nitrogens is 4.